The first kappa shape index (κ1) is 15.8. The van der Waals surface area contributed by atoms with Gasteiger partial charge in [0.2, 0.25) is 0 Å². The van der Waals surface area contributed by atoms with Crippen LogP contribution in [0.5, 0.6) is 0 Å². The third-order valence-electron chi connectivity index (χ3n) is 0. The fourth-order valence-electron chi connectivity index (χ4n) is 0. The Bertz CT molecular complexity index is 94.9. The van der Waals surface area contributed by atoms with E-state index in [1.807, 2.05) is 0 Å². The summed E-state index contributed by atoms with van der Waals surface area (Å²) >= 11 is -5.25. The van der Waals surface area contributed by atoms with Crippen LogP contribution in [0.4, 0.5) is 0 Å². The maximum Gasteiger partial charge on any atom is 0 e. The molecule has 0 bridgehead atoms. The molecule has 0 aromatic carbocycles. The number of rotatable bonds is 0. The van der Waals surface area contributed by atoms with Gasteiger partial charge in [-0.2, -0.15) is 0 Å². The van der Waals surface area contributed by atoms with E-state index in [-0.39, 0.29) is 40.9 Å². The maximum absolute atomic E-state index is 8.82. The van der Waals surface area contributed by atoms with Crippen LogP contribution in [0.15, 0.2) is 0 Å². The Labute approximate surface area is 70.1 Å². The summed E-state index contributed by atoms with van der Waals surface area (Å²) in [6, 6.07) is 0. The van der Waals surface area contributed by atoms with Gasteiger partial charge in [-0.1, -0.05) is 0 Å². The van der Waals surface area contributed by atoms with Crippen molar-refractivity contribution in [3.63, 3.8) is 0 Å². The third-order valence-corrected chi connectivity index (χ3v) is 0. The molecular weight excluding hydrogens is 275 g/mol. The fourth-order valence-corrected chi connectivity index (χ4v) is 0. The zero-order valence-corrected chi connectivity index (χ0v) is 7.02. The molecule has 0 amide bonds. The van der Waals surface area contributed by atoms with Gasteiger partial charge < -0.3 is 0 Å². The molecule has 0 aliphatic carbocycles. The van der Waals surface area contributed by atoms with Crippen LogP contribution in [0.3, 0.4) is 0 Å². The van der Waals surface area contributed by atoms with E-state index in [1.165, 1.54) is 0 Å². The molecule has 0 fully saturated rings. The Morgan fingerprint density at radius 3 is 1.14 bits per heavy atom. The van der Waals surface area contributed by atoms with Crippen molar-refractivity contribution in [2.24, 2.45) is 0 Å². The monoisotopic (exact) mass is 276 g/mol. The van der Waals surface area contributed by atoms with Crippen LogP contribution >= 0.6 is 0 Å². The predicted octanol–water partition coefficient (Wildman–Crippen LogP) is -1.36. The SMILES string of the molecule is [Ag].[O]=[Cr](=[O])([OH])[OH].[V]. The van der Waals surface area contributed by atoms with E-state index in [9.17, 15) is 0 Å². The van der Waals surface area contributed by atoms with Crippen molar-refractivity contribution in [2.75, 3.05) is 0 Å². The number of hydrogen-bond donors (Lipinski definition) is 2. The first-order valence-electron chi connectivity index (χ1n) is 0.698. The van der Waals surface area contributed by atoms with Crippen molar-refractivity contribution in [3.8, 4) is 0 Å². The molecule has 0 atom stereocenters. The van der Waals surface area contributed by atoms with Gasteiger partial charge >= 0.3 is 29.5 Å². The van der Waals surface area contributed by atoms with Crippen LogP contribution in [0.1, 0.15) is 0 Å². The standard InChI is InChI=1S/Ag.Cr.2H2O.2O.V/h;;2*1H2;;;/q;+2;;;;;/p-2. The molecule has 0 saturated heterocycles. The van der Waals surface area contributed by atoms with E-state index >= 15 is 0 Å². The second kappa shape index (κ2) is 5.51. The van der Waals surface area contributed by atoms with Crippen molar-refractivity contribution in [1.82, 2.24) is 0 Å². The van der Waals surface area contributed by atoms with Gasteiger partial charge in [-0.25, -0.2) is 0 Å². The van der Waals surface area contributed by atoms with E-state index in [2.05, 4.69) is 0 Å². The van der Waals surface area contributed by atoms with E-state index < -0.39 is 13.6 Å². The minimum atomic E-state index is -5.25. The Kier molecular flexibility index (Phi) is 12.4. The van der Waals surface area contributed by atoms with E-state index in [1.54, 1.807) is 0 Å². The molecule has 0 aromatic heterocycles. The largest absolute Gasteiger partial charge is 0 e. The van der Waals surface area contributed by atoms with Crippen LogP contribution in [-0.4, -0.2) is 8.32 Å². The molecule has 2 radical (unpaired) electrons. The maximum atomic E-state index is 8.82. The van der Waals surface area contributed by atoms with E-state index in [0.29, 0.717) is 0 Å². The average molecular weight is 277 g/mol. The minimum absolute atomic E-state index is 0. The molecule has 48 valence electrons. The minimum Gasteiger partial charge on any atom is 0 e. The summed E-state index contributed by atoms with van der Waals surface area (Å²) in [5, 5.41) is 0. The van der Waals surface area contributed by atoms with Gasteiger partial charge in [-0.05, 0) is 0 Å². The van der Waals surface area contributed by atoms with Crippen LogP contribution < -0.4 is 0 Å². The quantitative estimate of drug-likeness (QED) is 0.536. The Morgan fingerprint density at radius 2 is 1.14 bits per heavy atom. The second-order valence-electron chi connectivity index (χ2n) is 0.448. The molecule has 0 heterocycles. The summed E-state index contributed by atoms with van der Waals surface area (Å²) in [7, 11) is 0. The van der Waals surface area contributed by atoms with E-state index in [4.69, 9.17) is 15.9 Å². The van der Waals surface area contributed by atoms with Crippen LogP contribution in [0.25, 0.3) is 0 Å². The summed E-state index contributed by atoms with van der Waals surface area (Å²) in [5.41, 5.74) is 0. The Morgan fingerprint density at radius 1 is 1.14 bits per heavy atom. The van der Waals surface area contributed by atoms with Crippen molar-refractivity contribution in [2.45, 2.75) is 0 Å². The van der Waals surface area contributed by atoms with E-state index in [0.717, 1.165) is 0 Å². The molecule has 0 aliphatic heterocycles. The van der Waals surface area contributed by atoms with Gasteiger partial charge in [0.15, 0.2) is 0 Å². The Hall–Kier alpha value is 1.38. The number of hydrogen-bond acceptors (Lipinski definition) is 2. The summed E-state index contributed by atoms with van der Waals surface area (Å²) < 4.78 is 31.9. The molecule has 7 heavy (non-hydrogen) atoms. The van der Waals surface area contributed by atoms with Gasteiger partial charge in [0.1, 0.15) is 0 Å². The molecule has 0 spiro atoms. The molecular formula is H2AgCrO4V. The second-order valence-corrected chi connectivity index (χ2v) is 1.85. The van der Waals surface area contributed by atoms with Crippen molar-refractivity contribution >= 4 is 0 Å². The summed E-state index contributed by atoms with van der Waals surface area (Å²) in [6.07, 6.45) is 0. The third kappa shape index (κ3) is 112. The zero-order chi connectivity index (χ0) is 4.50. The molecule has 0 saturated carbocycles. The molecule has 4 nitrogen and oxygen atoms in total. The van der Waals surface area contributed by atoms with Crippen LogP contribution in [0, 0.1) is 0 Å². The van der Waals surface area contributed by atoms with Gasteiger partial charge in [0, 0.05) is 40.9 Å². The van der Waals surface area contributed by atoms with Gasteiger partial charge in [0.25, 0.3) is 0 Å². The van der Waals surface area contributed by atoms with Crippen molar-refractivity contribution in [3.05, 3.63) is 0 Å². The summed E-state index contributed by atoms with van der Waals surface area (Å²) in [4.78, 5) is 0. The summed E-state index contributed by atoms with van der Waals surface area (Å²) in [6.45, 7) is 0. The average Bonchev–Trinajstić information content (AvgIpc) is 0.722. The van der Waals surface area contributed by atoms with Gasteiger partial charge in [0.05, 0.1) is 0 Å². The van der Waals surface area contributed by atoms with Crippen LogP contribution in [-0.2, 0) is 62.2 Å². The van der Waals surface area contributed by atoms with Crippen molar-refractivity contribution < 1.29 is 70.5 Å². The first-order valence-corrected chi connectivity index (χ1v) is 2.88. The molecule has 0 aliphatic rings. The van der Waals surface area contributed by atoms with Gasteiger partial charge in [-0.15, -0.1) is 0 Å². The molecule has 0 aromatic rings. The normalized spacial score (nSPS) is 8.29. The fraction of sp³-hybridized carbons (Fsp3) is 0. The van der Waals surface area contributed by atoms with Crippen molar-refractivity contribution in [1.29, 1.82) is 0 Å². The molecule has 7 heteroatoms. The first-order chi connectivity index (χ1) is 2.00. The molecule has 0 unspecified atom stereocenters. The van der Waals surface area contributed by atoms with Crippen LogP contribution in [0.2, 0.25) is 0 Å². The Balaban J connectivity index is -0.0000000800. The summed E-state index contributed by atoms with van der Waals surface area (Å²) in [5.74, 6) is 0. The predicted molar refractivity (Wildman–Crippen MR) is 5.81 cm³/mol. The van der Waals surface area contributed by atoms with Gasteiger partial charge in [-0.3, -0.25) is 0 Å². The zero-order valence-electron chi connectivity index (χ0n) is 2.87. The molecule has 0 rings (SSSR count). The smallest absolute Gasteiger partial charge is 0 e. The molecule has 2 N–H and O–H groups in total. The topological polar surface area (TPSA) is 74.6 Å².